The predicted octanol–water partition coefficient (Wildman–Crippen LogP) is 1.80. The number of esters is 1. The van der Waals surface area contributed by atoms with Crippen LogP contribution < -0.4 is 0 Å². The highest BCUT2D eigenvalue weighted by molar-refractivity contribution is 5.66. The van der Waals surface area contributed by atoms with Crippen LogP contribution in [-0.2, 0) is 9.53 Å². The van der Waals surface area contributed by atoms with Crippen LogP contribution in [0.3, 0.4) is 0 Å². The van der Waals surface area contributed by atoms with Crippen molar-refractivity contribution in [2.45, 2.75) is 45.1 Å². The average Bonchev–Trinajstić information content (AvgIpc) is 2.08. The highest BCUT2D eigenvalue weighted by atomic mass is 16.5. The molecule has 3 nitrogen and oxygen atoms in total. The summed E-state index contributed by atoms with van der Waals surface area (Å²) in [5.74, 6) is -0.262. The molecule has 0 radical (unpaired) electrons. The van der Waals surface area contributed by atoms with E-state index in [-0.39, 0.29) is 12.1 Å². The normalized spacial score (nSPS) is 27.0. The lowest BCUT2D eigenvalue weighted by Crippen LogP contribution is -2.13. The molecule has 1 rings (SSSR count). The van der Waals surface area contributed by atoms with E-state index in [2.05, 4.69) is 6.08 Å². The Hall–Kier alpha value is -0.830. The molecule has 3 heteroatoms. The number of allylic oxidation sites excluding steroid dienone is 1. The Morgan fingerprint density at radius 3 is 3.14 bits per heavy atom. The van der Waals surface area contributed by atoms with Gasteiger partial charge in [0.05, 0.1) is 6.10 Å². The van der Waals surface area contributed by atoms with Gasteiger partial charge in [-0.2, -0.15) is 0 Å². The number of aliphatic hydroxyl groups excluding tert-OH is 1. The maximum absolute atomic E-state index is 10.6. The van der Waals surface area contributed by atoms with Gasteiger partial charge in [-0.1, -0.05) is 12.5 Å². The van der Waals surface area contributed by atoms with Crippen molar-refractivity contribution in [2.24, 2.45) is 0 Å². The standard InChI is InChI=1S/C11H18O3/c1-9(12)14-8-10-5-3-2-4-6-11(13)7-10/h5,11,13H,2-4,6-8H2,1H3/b10-5+. The van der Waals surface area contributed by atoms with Crippen LogP contribution in [0.15, 0.2) is 11.6 Å². The third-order valence-corrected chi connectivity index (χ3v) is 2.38. The van der Waals surface area contributed by atoms with Gasteiger partial charge in [-0.25, -0.2) is 0 Å². The number of carbonyl (C=O) groups excluding carboxylic acids is 1. The average molecular weight is 198 g/mol. The van der Waals surface area contributed by atoms with Crippen molar-refractivity contribution in [1.82, 2.24) is 0 Å². The molecule has 0 aromatic carbocycles. The quantitative estimate of drug-likeness (QED) is 0.543. The van der Waals surface area contributed by atoms with Crippen molar-refractivity contribution in [2.75, 3.05) is 6.61 Å². The molecule has 0 spiro atoms. The summed E-state index contributed by atoms with van der Waals surface area (Å²) in [7, 11) is 0. The molecule has 80 valence electrons. The van der Waals surface area contributed by atoms with Gasteiger partial charge in [-0.05, 0) is 31.3 Å². The highest BCUT2D eigenvalue weighted by Crippen LogP contribution is 2.17. The molecule has 0 bridgehead atoms. The number of carbonyl (C=O) groups is 1. The third kappa shape index (κ3) is 4.42. The molecule has 0 saturated carbocycles. The van der Waals surface area contributed by atoms with E-state index in [1.54, 1.807) is 0 Å². The molecule has 0 fully saturated rings. The smallest absolute Gasteiger partial charge is 0.302 e. The minimum absolute atomic E-state index is 0.262. The van der Waals surface area contributed by atoms with Crippen LogP contribution in [0.2, 0.25) is 0 Å². The van der Waals surface area contributed by atoms with E-state index in [0.29, 0.717) is 13.0 Å². The molecule has 0 aromatic rings. The molecule has 14 heavy (non-hydrogen) atoms. The number of hydrogen-bond acceptors (Lipinski definition) is 3. The van der Waals surface area contributed by atoms with Gasteiger partial charge in [0.1, 0.15) is 6.61 Å². The fraction of sp³-hybridized carbons (Fsp3) is 0.727. The summed E-state index contributed by atoms with van der Waals surface area (Å²) in [5, 5.41) is 9.57. The maximum Gasteiger partial charge on any atom is 0.302 e. The molecule has 1 unspecified atom stereocenters. The Balaban J connectivity index is 2.42. The molecule has 0 saturated heterocycles. The lowest BCUT2D eigenvalue weighted by atomic mass is 9.98. The Kier molecular flexibility index (Phi) is 4.66. The first-order chi connectivity index (χ1) is 6.68. The fourth-order valence-corrected chi connectivity index (χ4v) is 1.63. The Morgan fingerprint density at radius 2 is 2.43 bits per heavy atom. The second-order valence-electron chi connectivity index (χ2n) is 3.79. The van der Waals surface area contributed by atoms with Crippen LogP contribution in [0.1, 0.15) is 39.0 Å². The van der Waals surface area contributed by atoms with E-state index in [1.165, 1.54) is 6.92 Å². The second kappa shape index (κ2) is 5.81. The molecule has 0 heterocycles. The van der Waals surface area contributed by atoms with Crippen molar-refractivity contribution >= 4 is 5.97 Å². The monoisotopic (exact) mass is 198 g/mol. The molecule has 1 aliphatic rings. The van der Waals surface area contributed by atoms with Crippen LogP contribution in [0.4, 0.5) is 0 Å². The van der Waals surface area contributed by atoms with Crippen LogP contribution in [0.25, 0.3) is 0 Å². The SMILES string of the molecule is CC(=O)OC/C1=C/CCCCC(O)C1. The van der Waals surface area contributed by atoms with Crippen LogP contribution in [0, 0.1) is 0 Å². The Labute approximate surface area is 84.8 Å². The fourth-order valence-electron chi connectivity index (χ4n) is 1.63. The van der Waals surface area contributed by atoms with E-state index in [9.17, 15) is 9.90 Å². The van der Waals surface area contributed by atoms with Gasteiger partial charge in [0, 0.05) is 6.92 Å². The van der Waals surface area contributed by atoms with E-state index in [0.717, 1.165) is 31.3 Å². The van der Waals surface area contributed by atoms with Crippen molar-refractivity contribution in [3.05, 3.63) is 11.6 Å². The summed E-state index contributed by atoms with van der Waals surface area (Å²) in [6.07, 6.45) is 6.55. The zero-order valence-corrected chi connectivity index (χ0v) is 8.66. The minimum Gasteiger partial charge on any atom is -0.461 e. The molecule has 0 aromatic heterocycles. The largest absolute Gasteiger partial charge is 0.461 e. The van der Waals surface area contributed by atoms with Gasteiger partial charge >= 0.3 is 5.97 Å². The number of ether oxygens (including phenoxy) is 1. The Bertz CT molecular complexity index is 221. The summed E-state index contributed by atoms with van der Waals surface area (Å²) in [6.45, 7) is 1.74. The summed E-state index contributed by atoms with van der Waals surface area (Å²) < 4.78 is 4.91. The first kappa shape index (κ1) is 11.2. The van der Waals surface area contributed by atoms with Gasteiger partial charge in [0.25, 0.3) is 0 Å². The molecular weight excluding hydrogens is 180 g/mol. The highest BCUT2D eigenvalue weighted by Gasteiger charge is 2.11. The number of rotatable bonds is 2. The third-order valence-electron chi connectivity index (χ3n) is 2.38. The number of hydrogen-bond donors (Lipinski definition) is 1. The van der Waals surface area contributed by atoms with Gasteiger partial charge in [-0.15, -0.1) is 0 Å². The van der Waals surface area contributed by atoms with Gasteiger partial charge in [0.15, 0.2) is 0 Å². The second-order valence-corrected chi connectivity index (χ2v) is 3.79. The van der Waals surface area contributed by atoms with Crippen LogP contribution in [-0.4, -0.2) is 23.8 Å². The van der Waals surface area contributed by atoms with Crippen LogP contribution >= 0.6 is 0 Å². The van der Waals surface area contributed by atoms with Crippen molar-refractivity contribution in [1.29, 1.82) is 0 Å². The Morgan fingerprint density at radius 1 is 1.64 bits per heavy atom. The van der Waals surface area contributed by atoms with E-state index in [4.69, 9.17) is 4.74 Å². The summed E-state index contributed by atoms with van der Waals surface area (Å²) in [4.78, 5) is 10.6. The van der Waals surface area contributed by atoms with Gasteiger partial charge in [0.2, 0.25) is 0 Å². The van der Waals surface area contributed by atoms with Crippen molar-refractivity contribution < 1.29 is 14.6 Å². The molecule has 0 amide bonds. The minimum atomic E-state index is -0.267. The first-order valence-electron chi connectivity index (χ1n) is 5.18. The van der Waals surface area contributed by atoms with Crippen molar-refractivity contribution in [3.8, 4) is 0 Å². The van der Waals surface area contributed by atoms with E-state index in [1.807, 2.05) is 0 Å². The summed E-state index contributed by atoms with van der Waals surface area (Å²) >= 11 is 0. The molecule has 1 N–H and O–H groups in total. The van der Waals surface area contributed by atoms with Gasteiger partial charge < -0.3 is 9.84 Å². The first-order valence-corrected chi connectivity index (χ1v) is 5.18. The predicted molar refractivity (Wildman–Crippen MR) is 53.8 cm³/mol. The van der Waals surface area contributed by atoms with E-state index < -0.39 is 0 Å². The lowest BCUT2D eigenvalue weighted by molar-refractivity contribution is -0.140. The molecule has 0 aliphatic heterocycles. The summed E-state index contributed by atoms with van der Waals surface area (Å²) in [6, 6.07) is 0. The maximum atomic E-state index is 10.6. The van der Waals surface area contributed by atoms with E-state index >= 15 is 0 Å². The van der Waals surface area contributed by atoms with Gasteiger partial charge in [-0.3, -0.25) is 4.79 Å². The van der Waals surface area contributed by atoms with Crippen LogP contribution in [0.5, 0.6) is 0 Å². The molecule has 1 aliphatic carbocycles. The topological polar surface area (TPSA) is 46.5 Å². The molecule has 1 atom stereocenters. The molecular formula is C11H18O3. The zero-order valence-electron chi connectivity index (χ0n) is 8.66. The summed E-state index contributed by atoms with van der Waals surface area (Å²) in [5.41, 5.74) is 1.05. The lowest BCUT2D eigenvalue weighted by Gasteiger charge is -2.16. The number of aliphatic hydroxyl groups is 1. The van der Waals surface area contributed by atoms with Crippen molar-refractivity contribution in [3.63, 3.8) is 0 Å². The zero-order chi connectivity index (χ0) is 10.4.